The van der Waals surface area contributed by atoms with Crippen LogP contribution in [-0.2, 0) is 29.3 Å². The number of hydrogen-bond donors (Lipinski definition) is 3. The third-order valence-corrected chi connectivity index (χ3v) is 12.7. The number of ether oxygens (including phenoxy) is 2. The highest BCUT2D eigenvalue weighted by molar-refractivity contribution is 7.88. The summed E-state index contributed by atoms with van der Waals surface area (Å²) in [6, 6.07) is -1.23. The van der Waals surface area contributed by atoms with Crippen molar-refractivity contribution in [3.63, 3.8) is 0 Å². The van der Waals surface area contributed by atoms with Crippen molar-refractivity contribution in [1.82, 2.24) is 24.1 Å². The van der Waals surface area contributed by atoms with Crippen LogP contribution in [0.4, 0.5) is 9.59 Å². The molecule has 5 aliphatic rings. The first-order chi connectivity index (χ1) is 22.9. The summed E-state index contributed by atoms with van der Waals surface area (Å²) < 4.78 is 39.8. The molecular formula is C34H60N6O8S. The van der Waals surface area contributed by atoms with Gasteiger partial charge in [-0.1, -0.05) is 12.8 Å². The molecule has 0 spiro atoms. The van der Waals surface area contributed by atoms with Crippen molar-refractivity contribution in [2.45, 2.75) is 152 Å². The highest BCUT2D eigenvalue weighted by atomic mass is 32.2. The lowest BCUT2D eigenvalue weighted by Crippen LogP contribution is -2.53. The van der Waals surface area contributed by atoms with Crippen LogP contribution < -0.4 is 15.8 Å². The van der Waals surface area contributed by atoms with Gasteiger partial charge in [0.15, 0.2) is 0 Å². The van der Waals surface area contributed by atoms with Crippen molar-refractivity contribution in [2.24, 2.45) is 17.6 Å². The zero-order chi connectivity index (χ0) is 36.1. The molecule has 4 N–H and O–H groups in total. The number of carbonyl (C=O) groups is 4. The molecule has 4 aliphatic carbocycles. The maximum atomic E-state index is 12.7. The molecule has 14 nitrogen and oxygen atoms in total. The van der Waals surface area contributed by atoms with Gasteiger partial charge in [0.1, 0.15) is 11.2 Å². The minimum absolute atomic E-state index is 0.00149. The summed E-state index contributed by atoms with van der Waals surface area (Å²) in [6.07, 6.45) is 12.3. The number of hydrogen-bond acceptors (Lipinski definition) is 9. The Morgan fingerprint density at radius 1 is 0.755 bits per heavy atom. The van der Waals surface area contributed by atoms with E-state index in [0.29, 0.717) is 25.7 Å². The molecule has 280 valence electrons. The van der Waals surface area contributed by atoms with Crippen molar-refractivity contribution in [3.05, 3.63) is 0 Å². The van der Waals surface area contributed by atoms with E-state index in [0.717, 1.165) is 74.9 Å². The first kappa shape index (κ1) is 39.1. The number of amides is 4. The quantitative estimate of drug-likeness (QED) is 0.384. The van der Waals surface area contributed by atoms with Gasteiger partial charge in [-0.3, -0.25) is 9.59 Å². The minimum atomic E-state index is -3.93. The molecule has 1 aliphatic heterocycles. The molecule has 0 aromatic heterocycles. The second-order valence-electron chi connectivity index (χ2n) is 15.8. The summed E-state index contributed by atoms with van der Waals surface area (Å²) >= 11 is 0. The van der Waals surface area contributed by atoms with Crippen LogP contribution in [0.3, 0.4) is 0 Å². The summed E-state index contributed by atoms with van der Waals surface area (Å²) in [7, 11) is 2.99. The Bertz CT molecular complexity index is 1300. The van der Waals surface area contributed by atoms with Crippen LogP contribution in [0.5, 0.6) is 0 Å². The van der Waals surface area contributed by atoms with E-state index in [4.69, 9.17) is 15.2 Å². The molecule has 4 amide bonds. The number of nitrogens with zero attached hydrogens (tertiary/aromatic N) is 3. The van der Waals surface area contributed by atoms with Crippen molar-refractivity contribution in [1.29, 1.82) is 0 Å². The zero-order valence-electron chi connectivity index (χ0n) is 30.4. The molecule has 6 atom stereocenters. The largest absolute Gasteiger partial charge is 0.443 e. The number of nitrogens with two attached hydrogens (primary N) is 1. The van der Waals surface area contributed by atoms with Gasteiger partial charge < -0.3 is 30.3 Å². The van der Waals surface area contributed by atoms with Crippen LogP contribution in [0.15, 0.2) is 0 Å². The van der Waals surface area contributed by atoms with Crippen LogP contribution >= 0.6 is 0 Å². The van der Waals surface area contributed by atoms with Crippen molar-refractivity contribution < 1.29 is 37.1 Å². The molecule has 0 radical (unpaired) electrons. The van der Waals surface area contributed by atoms with Crippen LogP contribution in [0.25, 0.3) is 0 Å². The van der Waals surface area contributed by atoms with Crippen LogP contribution in [0, 0.1) is 11.8 Å². The Morgan fingerprint density at radius 2 is 1.24 bits per heavy atom. The molecule has 5 rings (SSSR count). The van der Waals surface area contributed by atoms with E-state index in [-0.39, 0.29) is 47.4 Å². The van der Waals surface area contributed by atoms with Crippen molar-refractivity contribution >= 4 is 34.2 Å². The first-order valence-electron chi connectivity index (χ1n) is 18.2. The van der Waals surface area contributed by atoms with Gasteiger partial charge in [0, 0.05) is 58.2 Å². The molecule has 1 heterocycles. The van der Waals surface area contributed by atoms with E-state index in [1.807, 2.05) is 13.8 Å². The van der Waals surface area contributed by atoms with E-state index in [9.17, 15) is 27.6 Å². The third kappa shape index (κ3) is 9.99. The first-order valence-corrected chi connectivity index (χ1v) is 19.6. The molecule has 0 aromatic carbocycles. The van der Waals surface area contributed by atoms with E-state index in [1.165, 1.54) is 11.3 Å². The van der Waals surface area contributed by atoms with Gasteiger partial charge >= 0.3 is 22.4 Å². The lowest BCUT2D eigenvalue weighted by Gasteiger charge is -2.37. The van der Waals surface area contributed by atoms with Gasteiger partial charge in [-0.2, -0.15) is 17.4 Å². The topological polar surface area (TPSA) is 181 Å². The Labute approximate surface area is 292 Å². The van der Waals surface area contributed by atoms with Crippen LogP contribution in [0.2, 0.25) is 0 Å². The Balaban J connectivity index is 0.000000223. The molecule has 49 heavy (non-hydrogen) atoms. The summed E-state index contributed by atoms with van der Waals surface area (Å²) in [6.45, 7) is 3.89. The number of rotatable bonds is 5. The lowest BCUT2D eigenvalue weighted by atomic mass is 9.82. The molecule has 15 heteroatoms. The third-order valence-electron chi connectivity index (χ3n) is 11.1. The summed E-state index contributed by atoms with van der Waals surface area (Å²) in [5, 5.41) is 2.92. The summed E-state index contributed by atoms with van der Waals surface area (Å²) in [5.74, 6) is -0.139. The molecular weight excluding hydrogens is 652 g/mol. The fourth-order valence-corrected chi connectivity index (χ4v) is 9.84. The SMILES string of the molecule is CN(C)C(=O)[C@H]1CC[C@H](NC(=O)OC2(C)CCCCC2)[C@H](N)C1.CN(C)C(=O)[C@H]1CC[C@H]2[C@@H](C1)NS(=O)(=O)N2C(=O)OC1(C)CCCCC1. The number of alkyl carbamates (subject to hydrolysis) is 1. The highest BCUT2D eigenvalue weighted by Crippen LogP contribution is 2.38. The van der Waals surface area contributed by atoms with Gasteiger partial charge in [-0.25, -0.2) is 9.59 Å². The van der Waals surface area contributed by atoms with Crippen molar-refractivity contribution in [2.75, 3.05) is 28.2 Å². The zero-order valence-corrected chi connectivity index (χ0v) is 31.2. The average Bonchev–Trinajstić information content (AvgIpc) is 3.30. The number of fused-ring (bicyclic) bond motifs is 1. The summed E-state index contributed by atoms with van der Waals surface area (Å²) in [5.41, 5.74) is 5.24. The molecule has 0 aromatic rings. The fraction of sp³-hybridized carbons (Fsp3) is 0.882. The Hall–Kier alpha value is -2.65. The van der Waals surface area contributed by atoms with E-state index in [2.05, 4.69) is 10.0 Å². The summed E-state index contributed by atoms with van der Waals surface area (Å²) in [4.78, 5) is 52.3. The van der Waals surface area contributed by atoms with Crippen LogP contribution in [0.1, 0.15) is 117 Å². The maximum absolute atomic E-state index is 12.7. The second kappa shape index (κ2) is 16.1. The number of carbonyl (C=O) groups excluding carboxylic acids is 4. The minimum Gasteiger partial charge on any atom is -0.443 e. The second-order valence-corrected chi connectivity index (χ2v) is 17.4. The average molecular weight is 713 g/mol. The molecule has 1 saturated heterocycles. The smallest absolute Gasteiger partial charge is 0.425 e. The predicted molar refractivity (Wildman–Crippen MR) is 184 cm³/mol. The van der Waals surface area contributed by atoms with Gasteiger partial charge in [0.2, 0.25) is 11.8 Å². The maximum Gasteiger partial charge on any atom is 0.425 e. The number of nitrogens with one attached hydrogen (secondary N) is 2. The fourth-order valence-electron chi connectivity index (χ4n) is 8.25. The van der Waals surface area contributed by atoms with Crippen molar-refractivity contribution in [3.8, 4) is 0 Å². The standard InChI is InChI=1S/C17H29N3O5S.C17H31N3O3/c1-17(9-5-4-6-10-17)25-16(22)20-14-8-7-12(15(21)19(2)3)11-13(14)18-26(20,23)24;1-17(9-5-4-6-10-17)23-16(22)19-14-8-7-12(11-13(14)18)15(21)20(2)3/h12-14,18H,4-11H2,1-3H3;12-14H,4-11,18H2,1-3H3,(H,19,22)/t2*12-,13+,14-/m00/s1. The van der Waals surface area contributed by atoms with Gasteiger partial charge in [-0.15, -0.1) is 0 Å². The Kier molecular flexibility index (Phi) is 12.9. The van der Waals surface area contributed by atoms with E-state index >= 15 is 0 Å². The molecule has 4 saturated carbocycles. The monoisotopic (exact) mass is 712 g/mol. The Morgan fingerprint density at radius 3 is 1.76 bits per heavy atom. The lowest BCUT2D eigenvalue weighted by molar-refractivity contribution is -0.135. The van der Waals surface area contributed by atoms with Gasteiger partial charge in [-0.05, 0) is 104 Å². The molecule has 0 unspecified atom stereocenters. The highest BCUT2D eigenvalue weighted by Gasteiger charge is 2.52. The normalized spacial score (nSPS) is 31.5. The van der Waals surface area contributed by atoms with E-state index < -0.39 is 34.0 Å². The molecule has 0 bridgehead atoms. The van der Waals surface area contributed by atoms with Gasteiger partial charge in [0.25, 0.3) is 0 Å². The molecule has 5 fully saturated rings. The van der Waals surface area contributed by atoms with Crippen LogP contribution in [-0.4, -0.2) is 110 Å². The predicted octanol–water partition coefficient (Wildman–Crippen LogP) is 3.64. The van der Waals surface area contributed by atoms with E-state index in [1.54, 1.807) is 33.1 Å². The van der Waals surface area contributed by atoms with Gasteiger partial charge in [0.05, 0.1) is 6.04 Å².